The van der Waals surface area contributed by atoms with Crippen LogP contribution >= 0.6 is 0 Å². The molecule has 0 bridgehead atoms. The number of nitrogens with zero attached hydrogens (tertiary/aromatic N) is 4. The summed E-state index contributed by atoms with van der Waals surface area (Å²) in [6, 6.07) is 4.08. The maximum Gasteiger partial charge on any atom is 0.228 e. The zero-order chi connectivity index (χ0) is 13.1. The van der Waals surface area contributed by atoms with Gasteiger partial charge in [0.25, 0.3) is 0 Å². The van der Waals surface area contributed by atoms with Crippen molar-refractivity contribution in [3.8, 4) is 0 Å². The van der Waals surface area contributed by atoms with E-state index in [0.717, 1.165) is 30.3 Å². The predicted octanol–water partition coefficient (Wildman–Crippen LogP) is 1.74. The molecule has 3 heterocycles. The Morgan fingerprint density at radius 1 is 1.26 bits per heavy atom. The van der Waals surface area contributed by atoms with Gasteiger partial charge in [-0.25, -0.2) is 19.9 Å². The van der Waals surface area contributed by atoms with Crippen LogP contribution in [-0.4, -0.2) is 26.5 Å². The van der Waals surface area contributed by atoms with E-state index in [1.165, 1.54) is 6.42 Å². The van der Waals surface area contributed by atoms with Gasteiger partial charge in [0.05, 0.1) is 5.69 Å². The molecule has 0 aliphatic carbocycles. The molecule has 1 aliphatic heterocycles. The van der Waals surface area contributed by atoms with Crippen LogP contribution in [0.25, 0.3) is 0 Å². The van der Waals surface area contributed by atoms with Crippen molar-refractivity contribution in [2.75, 3.05) is 11.9 Å². The van der Waals surface area contributed by atoms with Gasteiger partial charge in [0.2, 0.25) is 5.95 Å². The molecule has 1 aliphatic rings. The highest BCUT2D eigenvalue weighted by Gasteiger charge is 2.18. The molecule has 2 aromatic heterocycles. The highest BCUT2D eigenvalue weighted by molar-refractivity contribution is 5.48. The minimum Gasteiger partial charge on any atom is -0.309 e. The lowest BCUT2D eigenvalue weighted by atomic mass is 10.1. The molecule has 1 saturated heterocycles. The highest BCUT2D eigenvalue weighted by atomic mass is 15.1. The molecule has 6 nitrogen and oxygen atoms in total. The Morgan fingerprint density at radius 3 is 2.84 bits per heavy atom. The molecule has 3 rings (SSSR count). The largest absolute Gasteiger partial charge is 0.309 e. The second-order valence-corrected chi connectivity index (χ2v) is 4.57. The number of rotatable bonds is 3. The Labute approximate surface area is 111 Å². The summed E-state index contributed by atoms with van der Waals surface area (Å²) in [5, 5.41) is 6.55. The van der Waals surface area contributed by atoms with Crippen LogP contribution in [0, 0.1) is 6.92 Å². The number of hydrogen-bond acceptors (Lipinski definition) is 6. The van der Waals surface area contributed by atoms with E-state index in [0.29, 0.717) is 12.0 Å². The lowest BCUT2D eigenvalue weighted by Crippen LogP contribution is -2.15. The SMILES string of the molecule is Cc1nc(Nc2ncccn2)cc([C@@H]2CCCN2)n1. The van der Waals surface area contributed by atoms with E-state index in [1.807, 2.05) is 13.0 Å². The molecule has 0 spiro atoms. The van der Waals surface area contributed by atoms with Crippen molar-refractivity contribution in [2.45, 2.75) is 25.8 Å². The van der Waals surface area contributed by atoms with Crippen molar-refractivity contribution in [1.29, 1.82) is 0 Å². The van der Waals surface area contributed by atoms with E-state index in [-0.39, 0.29) is 0 Å². The van der Waals surface area contributed by atoms with Crippen LogP contribution in [0.3, 0.4) is 0 Å². The highest BCUT2D eigenvalue weighted by Crippen LogP contribution is 2.23. The Balaban J connectivity index is 1.85. The molecule has 2 N–H and O–H groups in total. The van der Waals surface area contributed by atoms with Crippen LogP contribution in [0.2, 0.25) is 0 Å². The van der Waals surface area contributed by atoms with Gasteiger partial charge >= 0.3 is 0 Å². The van der Waals surface area contributed by atoms with Crippen LogP contribution in [0.5, 0.6) is 0 Å². The molecule has 0 saturated carbocycles. The first-order chi connectivity index (χ1) is 9.31. The van der Waals surface area contributed by atoms with Gasteiger partial charge < -0.3 is 10.6 Å². The van der Waals surface area contributed by atoms with E-state index in [4.69, 9.17) is 0 Å². The second kappa shape index (κ2) is 5.27. The van der Waals surface area contributed by atoms with Gasteiger partial charge in [-0.3, -0.25) is 0 Å². The van der Waals surface area contributed by atoms with Crippen LogP contribution in [0.4, 0.5) is 11.8 Å². The summed E-state index contributed by atoms with van der Waals surface area (Å²) in [7, 11) is 0. The quantitative estimate of drug-likeness (QED) is 0.871. The van der Waals surface area contributed by atoms with Crippen molar-refractivity contribution < 1.29 is 0 Å². The van der Waals surface area contributed by atoms with Gasteiger partial charge in [0.1, 0.15) is 11.6 Å². The number of hydrogen-bond donors (Lipinski definition) is 2. The summed E-state index contributed by atoms with van der Waals surface area (Å²) >= 11 is 0. The number of aromatic nitrogens is 4. The topological polar surface area (TPSA) is 75.6 Å². The maximum absolute atomic E-state index is 4.50. The van der Waals surface area contributed by atoms with E-state index < -0.39 is 0 Å². The smallest absolute Gasteiger partial charge is 0.228 e. The molecule has 98 valence electrons. The minimum absolute atomic E-state index is 0.332. The van der Waals surface area contributed by atoms with E-state index in [2.05, 4.69) is 30.6 Å². The van der Waals surface area contributed by atoms with Crippen molar-refractivity contribution in [1.82, 2.24) is 25.3 Å². The summed E-state index contributed by atoms with van der Waals surface area (Å²) in [5.74, 6) is 2.04. The summed E-state index contributed by atoms with van der Waals surface area (Å²) < 4.78 is 0. The minimum atomic E-state index is 0.332. The predicted molar refractivity (Wildman–Crippen MR) is 72.1 cm³/mol. The average Bonchev–Trinajstić information content (AvgIpc) is 2.93. The number of nitrogens with one attached hydrogen (secondary N) is 2. The summed E-state index contributed by atoms with van der Waals surface area (Å²) in [4.78, 5) is 17.1. The molecule has 0 radical (unpaired) electrons. The summed E-state index contributed by atoms with van der Waals surface area (Å²) in [6.45, 7) is 2.95. The Bertz CT molecular complexity index is 550. The fraction of sp³-hybridized carbons (Fsp3) is 0.385. The molecular formula is C13H16N6. The fourth-order valence-corrected chi connectivity index (χ4v) is 2.25. The maximum atomic E-state index is 4.50. The molecule has 2 aromatic rings. The Kier molecular flexibility index (Phi) is 3.33. The fourth-order valence-electron chi connectivity index (χ4n) is 2.25. The lowest BCUT2D eigenvalue weighted by molar-refractivity contribution is 0.623. The second-order valence-electron chi connectivity index (χ2n) is 4.57. The van der Waals surface area contributed by atoms with Gasteiger partial charge in [-0.15, -0.1) is 0 Å². The molecule has 0 amide bonds. The van der Waals surface area contributed by atoms with Crippen LogP contribution in [0.1, 0.15) is 30.4 Å². The van der Waals surface area contributed by atoms with Crippen LogP contribution in [-0.2, 0) is 0 Å². The van der Waals surface area contributed by atoms with Gasteiger partial charge in [0.15, 0.2) is 0 Å². The zero-order valence-corrected chi connectivity index (χ0v) is 10.8. The van der Waals surface area contributed by atoms with Gasteiger partial charge in [-0.1, -0.05) is 0 Å². The number of anilines is 2. The Morgan fingerprint density at radius 2 is 2.11 bits per heavy atom. The third kappa shape index (κ3) is 2.85. The molecule has 1 fully saturated rings. The normalized spacial score (nSPS) is 18.5. The zero-order valence-electron chi connectivity index (χ0n) is 10.8. The number of aryl methyl sites for hydroxylation is 1. The average molecular weight is 256 g/mol. The summed E-state index contributed by atoms with van der Waals surface area (Å²) in [5.41, 5.74) is 1.03. The van der Waals surface area contributed by atoms with Crippen LogP contribution in [0.15, 0.2) is 24.5 Å². The van der Waals surface area contributed by atoms with E-state index >= 15 is 0 Å². The van der Waals surface area contributed by atoms with Crippen molar-refractivity contribution in [2.24, 2.45) is 0 Å². The Hall–Kier alpha value is -2.08. The molecule has 0 unspecified atom stereocenters. The summed E-state index contributed by atoms with van der Waals surface area (Å²) in [6.07, 6.45) is 5.71. The van der Waals surface area contributed by atoms with Crippen molar-refractivity contribution in [3.63, 3.8) is 0 Å². The van der Waals surface area contributed by atoms with Crippen molar-refractivity contribution >= 4 is 11.8 Å². The first-order valence-corrected chi connectivity index (χ1v) is 6.44. The van der Waals surface area contributed by atoms with Crippen LogP contribution < -0.4 is 10.6 Å². The molecular weight excluding hydrogens is 240 g/mol. The third-order valence-electron chi connectivity index (χ3n) is 3.08. The van der Waals surface area contributed by atoms with Gasteiger partial charge in [-0.05, 0) is 32.4 Å². The molecule has 6 heteroatoms. The monoisotopic (exact) mass is 256 g/mol. The van der Waals surface area contributed by atoms with Gasteiger partial charge in [-0.2, -0.15) is 0 Å². The first-order valence-electron chi connectivity index (χ1n) is 6.44. The molecule has 0 aromatic carbocycles. The van der Waals surface area contributed by atoms with E-state index in [1.54, 1.807) is 18.5 Å². The first kappa shape index (κ1) is 12.0. The van der Waals surface area contributed by atoms with E-state index in [9.17, 15) is 0 Å². The molecule has 19 heavy (non-hydrogen) atoms. The standard InChI is InChI=1S/C13H16N6/c1-9-17-11(10-4-2-5-14-10)8-12(18-9)19-13-15-6-3-7-16-13/h3,6-8,10,14H,2,4-5H2,1H3,(H,15,16,17,18,19)/t10-/m0/s1. The lowest BCUT2D eigenvalue weighted by Gasteiger charge is -2.12. The molecule has 1 atom stereocenters. The third-order valence-corrected chi connectivity index (χ3v) is 3.08. The van der Waals surface area contributed by atoms with Gasteiger partial charge in [0, 0.05) is 24.5 Å². The van der Waals surface area contributed by atoms with Crippen molar-refractivity contribution in [3.05, 3.63) is 36.0 Å².